The van der Waals surface area contributed by atoms with Gasteiger partial charge in [0.25, 0.3) is 0 Å². The third-order valence-corrected chi connectivity index (χ3v) is 6.50. The molecule has 0 spiro atoms. The summed E-state index contributed by atoms with van der Waals surface area (Å²) >= 11 is 0. The normalized spacial score (nSPS) is 18.3. The molecule has 1 aromatic carbocycles. The number of hydrogen-bond acceptors (Lipinski definition) is 7. The first kappa shape index (κ1) is 28.1. The first-order valence-electron chi connectivity index (χ1n) is 11.8. The summed E-state index contributed by atoms with van der Waals surface area (Å²) in [5.74, 6) is 0.327. The van der Waals surface area contributed by atoms with Crippen molar-refractivity contribution < 1.29 is 33.5 Å². The van der Waals surface area contributed by atoms with Crippen molar-refractivity contribution in [1.82, 2.24) is 5.32 Å². The van der Waals surface area contributed by atoms with Gasteiger partial charge in [0.15, 0.2) is 0 Å². The van der Waals surface area contributed by atoms with E-state index in [1.807, 2.05) is 13.0 Å². The number of phenolic OH excluding ortho intramolecular Hbond substituents is 1. The Labute approximate surface area is 202 Å². The average Bonchev–Trinajstić information content (AvgIpc) is 2.72. The van der Waals surface area contributed by atoms with Crippen LogP contribution in [0.3, 0.4) is 0 Å². The molecule has 8 nitrogen and oxygen atoms in total. The standard InChI is InChI=1S/C25H38NO7P/c1-5-6-7-9-19-15-22(27)24(21-14-18(4)10-11-20(21)17(2)3)23(16-19)33-25(28)26-12-8-13-32-34(29,30)31/h14-16,20-21,27H,2,5-13H2,1,3-4H3,(H,26,28)(H2,29,30,31)/p-2/t20-,21+/m0/s1. The largest absolute Gasteiger partial charge is 0.790 e. The third-order valence-electron chi connectivity index (χ3n) is 6.01. The summed E-state index contributed by atoms with van der Waals surface area (Å²) < 4.78 is 20.3. The summed E-state index contributed by atoms with van der Waals surface area (Å²) in [5.41, 5.74) is 3.65. The second kappa shape index (κ2) is 13.1. The van der Waals surface area contributed by atoms with Crippen LogP contribution >= 0.6 is 7.82 Å². The van der Waals surface area contributed by atoms with Crippen molar-refractivity contribution in [3.05, 3.63) is 47.1 Å². The number of unbranched alkanes of at least 4 members (excludes halogenated alkanes) is 2. The van der Waals surface area contributed by atoms with Crippen molar-refractivity contribution in [2.24, 2.45) is 5.92 Å². The molecule has 2 N–H and O–H groups in total. The molecule has 0 fully saturated rings. The molecule has 0 bridgehead atoms. The summed E-state index contributed by atoms with van der Waals surface area (Å²) in [6, 6.07) is 3.57. The molecule has 0 heterocycles. The van der Waals surface area contributed by atoms with Crippen LogP contribution in [0.25, 0.3) is 0 Å². The number of rotatable bonds is 12. The summed E-state index contributed by atoms with van der Waals surface area (Å²) in [5, 5.41) is 13.6. The van der Waals surface area contributed by atoms with Gasteiger partial charge >= 0.3 is 6.09 Å². The number of aromatic hydroxyl groups is 1. The Morgan fingerprint density at radius 3 is 2.68 bits per heavy atom. The van der Waals surface area contributed by atoms with Crippen LogP contribution in [0.2, 0.25) is 0 Å². The number of phosphoric acid groups is 1. The van der Waals surface area contributed by atoms with Gasteiger partial charge in [-0.2, -0.15) is 0 Å². The zero-order chi connectivity index (χ0) is 25.3. The second-order valence-electron chi connectivity index (χ2n) is 8.96. The van der Waals surface area contributed by atoms with Crippen molar-refractivity contribution in [2.45, 2.75) is 71.6 Å². The Morgan fingerprint density at radius 1 is 1.29 bits per heavy atom. The van der Waals surface area contributed by atoms with Crippen LogP contribution in [0, 0.1) is 5.92 Å². The molecule has 1 amide bonds. The fourth-order valence-corrected chi connectivity index (χ4v) is 4.64. The number of phenols is 1. The fourth-order valence-electron chi connectivity index (χ4n) is 4.29. The van der Waals surface area contributed by atoms with Gasteiger partial charge in [0.2, 0.25) is 0 Å². The second-order valence-corrected chi connectivity index (χ2v) is 10.1. The molecule has 9 heteroatoms. The molecule has 1 aliphatic rings. The van der Waals surface area contributed by atoms with Gasteiger partial charge in [0, 0.05) is 18.0 Å². The molecule has 0 unspecified atom stereocenters. The molecule has 0 aliphatic heterocycles. The Balaban J connectivity index is 2.26. The number of amides is 1. The highest BCUT2D eigenvalue weighted by Gasteiger charge is 2.31. The van der Waals surface area contributed by atoms with Gasteiger partial charge < -0.3 is 34.0 Å². The van der Waals surface area contributed by atoms with E-state index in [0.29, 0.717) is 11.3 Å². The van der Waals surface area contributed by atoms with E-state index in [-0.39, 0.29) is 37.2 Å². The molecular formula is C25H36NO7P-2. The van der Waals surface area contributed by atoms with Gasteiger partial charge in [-0.25, -0.2) is 4.79 Å². The average molecular weight is 494 g/mol. The number of carbonyl (C=O) groups is 1. The van der Waals surface area contributed by atoms with Crippen LogP contribution in [-0.4, -0.2) is 24.4 Å². The molecular weight excluding hydrogens is 457 g/mol. The number of nitrogens with one attached hydrogen (secondary N) is 1. The Bertz CT molecular complexity index is 937. The van der Waals surface area contributed by atoms with Crippen molar-refractivity contribution >= 4 is 13.9 Å². The summed E-state index contributed by atoms with van der Waals surface area (Å²) in [7, 11) is -5.03. The Morgan fingerprint density at radius 2 is 2.03 bits per heavy atom. The Kier molecular flexibility index (Phi) is 10.8. The minimum absolute atomic E-state index is 0.0627. The molecule has 0 saturated heterocycles. The zero-order valence-corrected chi connectivity index (χ0v) is 21.2. The third kappa shape index (κ3) is 8.91. The van der Waals surface area contributed by atoms with Crippen LogP contribution in [0.1, 0.15) is 76.3 Å². The summed E-state index contributed by atoms with van der Waals surface area (Å²) in [4.78, 5) is 33.5. The smallest absolute Gasteiger partial charge is 0.412 e. The van der Waals surface area contributed by atoms with Crippen molar-refractivity contribution in [3.63, 3.8) is 0 Å². The fraction of sp³-hybridized carbons (Fsp3) is 0.560. The number of phosphoric ester groups is 1. The predicted octanol–water partition coefficient (Wildman–Crippen LogP) is 4.46. The van der Waals surface area contributed by atoms with Crippen LogP contribution in [0.5, 0.6) is 11.5 Å². The monoisotopic (exact) mass is 493 g/mol. The Hall–Kier alpha value is -2.12. The molecule has 1 aliphatic carbocycles. The van der Waals surface area contributed by atoms with E-state index in [1.165, 1.54) is 5.57 Å². The quantitative estimate of drug-likeness (QED) is 0.250. The van der Waals surface area contributed by atoms with E-state index < -0.39 is 13.9 Å². The lowest BCUT2D eigenvalue weighted by atomic mass is 9.73. The molecule has 0 aromatic heterocycles. The lowest BCUT2D eigenvalue weighted by Gasteiger charge is -2.32. The SMILES string of the molecule is C=C(C)[C@@H]1CCC(C)=C[C@H]1c1c(O)cc(CCCCC)cc1OC(=O)NCCCOP(=O)([O-])[O-]. The van der Waals surface area contributed by atoms with E-state index in [2.05, 4.69) is 36.3 Å². The summed E-state index contributed by atoms with van der Waals surface area (Å²) in [6.07, 6.45) is 7.19. The molecule has 1 aromatic rings. The molecule has 0 saturated carbocycles. The van der Waals surface area contributed by atoms with Crippen molar-refractivity contribution in [3.8, 4) is 11.5 Å². The van der Waals surface area contributed by atoms with Gasteiger partial charge in [-0.3, -0.25) is 0 Å². The highest BCUT2D eigenvalue weighted by molar-refractivity contribution is 7.43. The molecule has 2 atom stereocenters. The van der Waals surface area contributed by atoms with Crippen LogP contribution < -0.4 is 19.8 Å². The lowest BCUT2D eigenvalue weighted by Crippen LogP contribution is -2.29. The van der Waals surface area contributed by atoms with Crippen molar-refractivity contribution in [1.29, 1.82) is 0 Å². The van der Waals surface area contributed by atoms with E-state index >= 15 is 0 Å². The molecule has 0 radical (unpaired) electrons. The van der Waals surface area contributed by atoms with Gasteiger partial charge in [-0.1, -0.05) is 43.6 Å². The zero-order valence-electron chi connectivity index (χ0n) is 20.3. The molecule has 34 heavy (non-hydrogen) atoms. The number of ether oxygens (including phenoxy) is 1. The minimum Gasteiger partial charge on any atom is -0.790 e. The van der Waals surface area contributed by atoms with Gasteiger partial charge in [0.05, 0.1) is 14.4 Å². The number of carbonyl (C=O) groups excluding carboxylic acids is 1. The molecule has 2 rings (SSSR count). The van der Waals surface area contributed by atoms with E-state index in [0.717, 1.165) is 49.7 Å². The van der Waals surface area contributed by atoms with E-state index in [9.17, 15) is 24.3 Å². The van der Waals surface area contributed by atoms with Crippen LogP contribution in [0.4, 0.5) is 4.79 Å². The number of aryl methyl sites for hydroxylation is 1. The number of hydrogen-bond donors (Lipinski definition) is 2. The number of allylic oxidation sites excluding steroid dienone is 3. The maximum atomic E-state index is 12.5. The van der Waals surface area contributed by atoms with Crippen LogP contribution in [-0.2, 0) is 15.5 Å². The summed E-state index contributed by atoms with van der Waals surface area (Å²) in [6.45, 7) is 10.0. The lowest BCUT2D eigenvalue weighted by molar-refractivity contribution is -0.341. The van der Waals surface area contributed by atoms with Gasteiger partial charge in [-0.05, 0) is 69.6 Å². The minimum atomic E-state index is -5.03. The predicted molar refractivity (Wildman–Crippen MR) is 128 cm³/mol. The number of benzene rings is 1. The van der Waals surface area contributed by atoms with Gasteiger partial charge in [-0.15, -0.1) is 0 Å². The first-order chi connectivity index (χ1) is 16.0. The first-order valence-corrected chi connectivity index (χ1v) is 13.3. The van der Waals surface area contributed by atoms with E-state index in [4.69, 9.17) is 4.74 Å². The maximum Gasteiger partial charge on any atom is 0.412 e. The highest BCUT2D eigenvalue weighted by atomic mass is 31.2. The van der Waals surface area contributed by atoms with Crippen molar-refractivity contribution in [2.75, 3.05) is 13.2 Å². The van der Waals surface area contributed by atoms with Crippen LogP contribution in [0.15, 0.2) is 35.9 Å². The van der Waals surface area contributed by atoms with Gasteiger partial charge in [0.1, 0.15) is 11.5 Å². The highest BCUT2D eigenvalue weighted by Crippen LogP contribution is 2.47. The maximum absolute atomic E-state index is 12.5. The van der Waals surface area contributed by atoms with E-state index in [1.54, 1.807) is 6.07 Å². The topological polar surface area (TPSA) is 131 Å². The molecule has 190 valence electrons.